The van der Waals surface area contributed by atoms with Crippen LogP contribution in [-0.2, 0) is 11.3 Å². The van der Waals surface area contributed by atoms with Gasteiger partial charge in [0.05, 0.1) is 6.54 Å². The molecule has 1 unspecified atom stereocenters. The maximum atomic E-state index is 13.8. The molecule has 0 radical (unpaired) electrons. The average molecular weight is 336 g/mol. The lowest BCUT2D eigenvalue weighted by Crippen LogP contribution is -2.36. The van der Waals surface area contributed by atoms with Crippen LogP contribution in [0.15, 0.2) is 42.5 Å². The van der Waals surface area contributed by atoms with E-state index in [4.69, 9.17) is 0 Å². The van der Waals surface area contributed by atoms with Crippen LogP contribution in [0.5, 0.6) is 0 Å². The highest BCUT2D eigenvalue weighted by molar-refractivity contribution is 5.78. The van der Waals surface area contributed by atoms with Gasteiger partial charge < -0.3 is 5.32 Å². The zero-order valence-corrected chi connectivity index (χ0v) is 13.5. The Balaban J connectivity index is 1.90. The van der Waals surface area contributed by atoms with Crippen molar-refractivity contribution in [1.29, 1.82) is 0 Å². The van der Waals surface area contributed by atoms with E-state index < -0.39 is 17.7 Å². The summed E-state index contributed by atoms with van der Waals surface area (Å²) in [4.78, 5) is 13.6. The molecule has 0 heterocycles. The molecule has 1 N–H and O–H groups in total. The molecule has 0 spiro atoms. The van der Waals surface area contributed by atoms with E-state index in [1.165, 1.54) is 12.1 Å². The minimum Gasteiger partial charge on any atom is -0.351 e. The van der Waals surface area contributed by atoms with Gasteiger partial charge in [0.2, 0.25) is 5.91 Å². The summed E-state index contributed by atoms with van der Waals surface area (Å²) in [6.07, 6.45) is 0. The third-order valence-corrected chi connectivity index (χ3v) is 3.87. The fraction of sp³-hybridized carbons (Fsp3) is 0.278. The van der Waals surface area contributed by atoms with Gasteiger partial charge in [-0.3, -0.25) is 9.69 Å². The molecule has 1 amide bonds. The molecule has 128 valence electrons. The van der Waals surface area contributed by atoms with Gasteiger partial charge in [0.25, 0.3) is 0 Å². The standard InChI is InChI=1S/C18H19F3N2O/c1-12(16-9-15(20)7-8-17(16)21)23(2)11-18(24)22-10-13-3-5-14(19)6-4-13/h3-9,12H,10-11H2,1-2H3,(H,22,24). The smallest absolute Gasteiger partial charge is 0.234 e. The Morgan fingerprint density at radius 1 is 1.08 bits per heavy atom. The van der Waals surface area contributed by atoms with E-state index in [0.29, 0.717) is 0 Å². The fourth-order valence-corrected chi connectivity index (χ4v) is 2.29. The molecule has 2 rings (SSSR count). The van der Waals surface area contributed by atoms with Crippen molar-refractivity contribution >= 4 is 5.91 Å². The lowest BCUT2D eigenvalue weighted by molar-refractivity contribution is -0.122. The van der Waals surface area contributed by atoms with Crippen molar-refractivity contribution in [2.24, 2.45) is 0 Å². The third-order valence-electron chi connectivity index (χ3n) is 3.87. The van der Waals surface area contributed by atoms with Crippen molar-refractivity contribution in [2.45, 2.75) is 19.5 Å². The number of carbonyl (C=O) groups excluding carboxylic acids is 1. The molecular weight excluding hydrogens is 317 g/mol. The van der Waals surface area contributed by atoms with E-state index in [1.54, 1.807) is 31.0 Å². The van der Waals surface area contributed by atoms with E-state index in [-0.39, 0.29) is 30.4 Å². The second-order valence-corrected chi connectivity index (χ2v) is 5.66. The number of hydrogen-bond acceptors (Lipinski definition) is 2. The van der Waals surface area contributed by atoms with E-state index in [2.05, 4.69) is 5.32 Å². The minimum atomic E-state index is -0.521. The Hall–Kier alpha value is -2.34. The summed E-state index contributed by atoms with van der Waals surface area (Å²) in [5, 5.41) is 2.71. The van der Waals surface area contributed by atoms with Crippen LogP contribution in [0.1, 0.15) is 24.1 Å². The van der Waals surface area contributed by atoms with E-state index in [9.17, 15) is 18.0 Å². The second kappa shape index (κ2) is 7.97. The minimum absolute atomic E-state index is 0.0261. The summed E-state index contributed by atoms with van der Waals surface area (Å²) in [7, 11) is 1.66. The molecule has 3 nitrogen and oxygen atoms in total. The van der Waals surface area contributed by atoms with Gasteiger partial charge in [-0.2, -0.15) is 0 Å². The van der Waals surface area contributed by atoms with Gasteiger partial charge >= 0.3 is 0 Å². The number of halogens is 3. The molecule has 6 heteroatoms. The number of likely N-dealkylation sites (N-methyl/N-ethyl adjacent to an activating group) is 1. The molecule has 0 fully saturated rings. The van der Waals surface area contributed by atoms with Gasteiger partial charge in [0, 0.05) is 18.2 Å². The van der Waals surface area contributed by atoms with Gasteiger partial charge in [-0.05, 0) is 49.9 Å². The van der Waals surface area contributed by atoms with Crippen molar-refractivity contribution in [3.8, 4) is 0 Å². The summed E-state index contributed by atoms with van der Waals surface area (Å²) < 4.78 is 39.9. The van der Waals surface area contributed by atoms with Gasteiger partial charge in [0.1, 0.15) is 17.5 Å². The first-order valence-electron chi connectivity index (χ1n) is 7.53. The highest BCUT2D eigenvalue weighted by Crippen LogP contribution is 2.22. The first-order valence-corrected chi connectivity index (χ1v) is 7.53. The maximum absolute atomic E-state index is 13.8. The zero-order chi connectivity index (χ0) is 17.7. The second-order valence-electron chi connectivity index (χ2n) is 5.66. The Labute approximate surface area is 139 Å². The number of nitrogens with one attached hydrogen (secondary N) is 1. The van der Waals surface area contributed by atoms with Gasteiger partial charge in [-0.25, -0.2) is 13.2 Å². The quantitative estimate of drug-likeness (QED) is 0.877. The highest BCUT2D eigenvalue weighted by atomic mass is 19.1. The molecule has 24 heavy (non-hydrogen) atoms. The van der Waals surface area contributed by atoms with Crippen molar-refractivity contribution < 1.29 is 18.0 Å². The SMILES string of the molecule is CC(c1cc(F)ccc1F)N(C)CC(=O)NCc1ccc(F)cc1. The van der Waals surface area contributed by atoms with Crippen LogP contribution in [0, 0.1) is 17.5 Å². The summed E-state index contributed by atoms with van der Waals surface area (Å²) in [5.41, 5.74) is 0.973. The molecule has 2 aromatic rings. The number of benzene rings is 2. The van der Waals surface area contributed by atoms with Crippen LogP contribution in [0.4, 0.5) is 13.2 Å². The van der Waals surface area contributed by atoms with Crippen LogP contribution in [0.3, 0.4) is 0 Å². The van der Waals surface area contributed by atoms with E-state index in [0.717, 1.165) is 23.8 Å². The fourth-order valence-electron chi connectivity index (χ4n) is 2.29. The molecule has 0 aliphatic heterocycles. The van der Waals surface area contributed by atoms with Gasteiger partial charge in [0.15, 0.2) is 0 Å². The van der Waals surface area contributed by atoms with Crippen molar-refractivity contribution in [1.82, 2.24) is 10.2 Å². The van der Waals surface area contributed by atoms with Crippen LogP contribution < -0.4 is 5.32 Å². The Kier molecular flexibility index (Phi) is 5.98. The average Bonchev–Trinajstić information content (AvgIpc) is 2.56. The van der Waals surface area contributed by atoms with Crippen LogP contribution in [0.25, 0.3) is 0 Å². The van der Waals surface area contributed by atoms with Crippen LogP contribution in [-0.4, -0.2) is 24.4 Å². The van der Waals surface area contributed by atoms with Crippen LogP contribution in [0.2, 0.25) is 0 Å². The van der Waals surface area contributed by atoms with Crippen LogP contribution >= 0.6 is 0 Å². The number of amides is 1. The number of hydrogen-bond donors (Lipinski definition) is 1. The topological polar surface area (TPSA) is 32.3 Å². The Bertz CT molecular complexity index is 704. The Morgan fingerprint density at radius 3 is 2.38 bits per heavy atom. The molecule has 1 atom stereocenters. The first-order chi connectivity index (χ1) is 11.4. The highest BCUT2D eigenvalue weighted by Gasteiger charge is 2.18. The lowest BCUT2D eigenvalue weighted by atomic mass is 10.1. The van der Waals surface area contributed by atoms with Crippen molar-refractivity contribution in [3.05, 3.63) is 71.0 Å². The van der Waals surface area contributed by atoms with Gasteiger partial charge in [-0.15, -0.1) is 0 Å². The molecule has 2 aromatic carbocycles. The molecular formula is C18H19F3N2O. The summed E-state index contributed by atoms with van der Waals surface area (Å²) in [5.74, 6) is -1.63. The number of rotatable bonds is 6. The summed E-state index contributed by atoms with van der Waals surface area (Å²) in [6.45, 7) is 2.00. The predicted octanol–water partition coefficient (Wildman–Crippen LogP) is 3.41. The number of carbonyl (C=O) groups is 1. The molecule has 0 aliphatic rings. The summed E-state index contributed by atoms with van der Waals surface area (Å²) >= 11 is 0. The monoisotopic (exact) mass is 336 g/mol. The molecule has 0 saturated heterocycles. The third kappa shape index (κ3) is 4.83. The molecule has 0 aliphatic carbocycles. The van der Waals surface area contributed by atoms with Crippen molar-refractivity contribution in [3.63, 3.8) is 0 Å². The molecule has 0 aromatic heterocycles. The Morgan fingerprint density at radius 2 is 1.71 bits per heavy atom. The number of nitrogens with zero attached hydrogens (tertiary/aromatic N) is 1. The first kappa shape index (κ1) is 18.0. The van der Waals surface area contributed by atoms with E-state index >= 15 is 0 Å². The zero-order valence-electron chi connectivity index (χ0n) is 13.5. The lowest BCUT2D eigenvalue weighted by Gasteiger charge is -2.24. The predicted molar refractivity (Wildman–Crippen MR) is 85.6 cm³/mol. The van der Waals surface area contributed by atoms with E-state index in [1.807, 2.05) is 0 Å². The largest absolute Gasteiger partial charge is 0.351 e. The van der Waals surface area contributed by atoms with Crippen molar-refractivity contribution in [2.75, 3.05) is 13.6 Å². The summed E-state index contributed by atoms with van der Waals surface area (Å²) in [6, 6.07) is 8.62. The normalized spacial score (nSPS) is 12.2. The maximum Gasteiger partial charge on any atom is 0.234 e. The molecule has 0 saturated carbocycles. The van der Waals surface area contributed by atoms with Gasteiger partial charge in [-0.1, -0.05) is 12.1 Å². The molecule has 0 bridgehead atoms.